The molecule has 2 heterocycles. The number of carbonyl (C=O) groups excluding carboxylic acids is 2. The normalized spacial score (nSPS) is 13.9. The Balaban J connectivity index is 1.67. The Hall–Kier alpha value is -2.90. The summed E-state index contributed by atoms with van der Waals surface area (Å²) in [5, 5.41) is 6.39. The van der Waals surface area contributed by atoms with Crippen LogP contribution < -0.4 is 10.2 Å². The molecule has 0 bridgehead atoms. The minimum Gasteiger partial charge on any atom is -0.447 e. The molecular formula is C17H18FN3O4. The van der Waals surface area contributed by atoms with Crippen molar-refractivity contribution in [3.05, 3.63) is 41.0 Å². The maximum absolute atomic E-state index is 14.0. The first-order valence-electron chi connectivity index (χ1n) is 7.91. The fraction of sp³-hybridized carbons (Fsp3) is 0.353. The number of aryl methyl sites for hydroxylation is 2. The molecule has 1 saturated heterocycles. The number of cyclic esters (lactones) is 1. The van der Waals surface area contributed by atoms with Gasteiger partial charge in [0.15, 0.2) is 0 Å². The maximum atomic E-state index is 14.0. The van der Waals surface area contributed by atoms with Crippen molar-refractivity contribution in [3.8, 4) is 0 Å². The van der Waals surface area contributed by atoms with E-state index in [-0.39, 0.29) is 24.6 Å². The van der Waals surface area contributed by atoms with Crippen LogP contribution in [0.5, 0.6) is 0 Å². The SMILES string of the molecule is Cc1noc(C)c1CCC(=O)Nc1cc(N2CCOC2=O)ccc1F. The molecule has 7 nitrogen and oxygen atoms in total. The first-order chi connectivity index (χ1) is 12.0. The van der Waals surface area contributed by atoms with E-state index in [1.807, 2.05) is 6.92 Å². The monoisotopic (exact) mass is 347 g/mol. The molecule has 0 radical (unpaired) electrons. The molecule has 1 N–H and O–H groups in total. The minimum atomic E-state index is -0.568. The molecule has 1 aromatic heterocycles. The lowest BCUT2D eigenvalue weighted by molar-refractivity contribution is -0.116. The van der Waals surface area contributed by atoms with Gasteiger partial charge >= 0.3 is 6.09 Å². The molecule has 1 aromatic carbocycles. The average Bonchev–Trinajstić information content (AvgIpc) is 3.14. The summed E-state index contributed by atoms with van der Waals surface area (Å²) < 4.78 is 23.9. The maximum Gasteiger partial charge on any atom is 0.414 e. The van der Waals surface area contributed by atoms with Gasteiger partial charge in [-0.05, 0) is 38.5 Å². The Morgan fingerprint density at radius 2 is 2.20 bits per heavy atom. The fourth-order valence-corrected chi connectivity index (χ4v) is 2.71. The van der Waals surface area contributed by atoms with E-state index in [9.17, 15) is 14.0 Å². The second-order valence-electron chi connectivity index (χ2n) is 5.78. The predicted octanol–water partition coefficient (Wildman–Crippen LogP) is 2.96. The number of ether oxygens (including phenoxy) is 1. The molecule has 8 heteroatoms. The number of nitrogens with zero attached hydrogens (tertiary/aromatic N) is 2. The second kappa shape index (κ2) is 6.92. The lowest BCUT2D eigenvalue weighted by atomic mass is 10.1. The summed E-state index contributed by atoms with van der Waals surface area (Å²) in [5.41, 5.74) is 2.13. The molecule has 0 aliphatic carbocycles. The topological polar surface area (TPSA) is 84.7 Å². The Morgan fingerprint density at radius 3 is 2.84 bits per heavy atom. The van der Waals surface area contributed by atoms with Gasteiger partial charge in [-0.3, -0.25) is 9.69 Å². The Bertz CT molecular complexity index is 799. The van der Waals surface area contributed by atoms with Gasteiger partial charge in [-0.2, -0.15) is 0 Å². The Labute approximate surface area is 143 Å². The Morgan fingerprint density at radius 1 is 1.40 bits per heavy atom. The number of amides is 2. The average molecular weight is 347 g/mol. The molecule has 0 spiro atoms. The van der Waals surface area contributed by atoms with Gasteiger partial charge in [0, 0.05) is 17.7 Å². The van der Waals surface area contributed by atoms with Crippen LogP contribution in [0.4, 0.5) is 20.6 Å². The zero-order valence-electron chi connectivity index (χ0n) is 14.0. The van der Waals surface area contributed by atoms with Gasteiger partial charge in [-0.25, -0.2) is 9.18 Å². The van der Waals surface area contributed by atoms with E-state index in [1.54, 1.807) is 6.92 Å². The van der Waals surface area contributed by atoms with Crippen LogP contribution >= 0.6 is 0 Å². The minimum absolute atomic E-state index is 0.0287. The lowest BCUT2D eigenvalue weighted by Gasteiger charge is -2.15. The third kappa shape index (κ3) is 3.62. The zero-order chi connectivity index (χ0) is 18.0. The first-order valence-corrected chi connectivity index (χ1v) is 7.91. The van der Waals surface area contributed by atoms with E-state index in [2.05, 4.69) is 10.5 Å². The largest absolute Gasteiger partial charge is 0.447 e. The molecule has 132 valence electrons. The van der Waals surface area contributed by atoms with Gasteiger partial charge in [-0.1, -0.05) is 5.16 Å². The number of hydrogen-bond donors (Lipinski definition) is 1. The van der Waals surface area contributed by atoms with Crippen LogP contribution in [0.2, 0.25) is 0 Å². The summed E-state index contributed by atoms with van der Waals surface area (Å²) in [6.07, 6.45) is 0.132. The molecule has 2 aromatic rings. The van der Waals surface area contributed by atoms with Crippen molar-refractivity contribution < 1.29 is 23.2 Å². The van der Waals surface area contributed by atoms with Crippen LogP contribution in [0.25, 0.3) is 0 Å². The first kappa shape index (κ1) is 16.9. The second-order valence-corrected chi connectivity index (χ2v) is 5.78. The van der Waals surface area contributed by atoms with Crippen LogP contribution in [0.1, 0.15) is 23.4 Å². The van der Waals surface area contributed by atoms with Crippen molar-refractivity contribution in [1.29, 1.82) is 0 Å². The number of benzene rings is 1. The summed E-state index contributed by atoms with van der Waals surface area (Å²) in [5.74, 6) is -0.229. The Kier molecular flexibility index (Phi) is 4.69. The van der Waals surface area contributed by atoms with Gasteiger partial charge in [0.25, 0.3) is 0 Å². The summed E-state index contributed by atoms with van der Waals surface area (Å²) in [6.45, 7) is 4.27. The number of rotatable bonds is 5. The number of carbonyl (C=O) groups is 2. The van der Waals surface area contributed by atoms with Gasteiger partial charge in [-0.15, -0.1) is 0 Å². The van der Waals surface area contributed by atoms with E-state index >= 15 is 0 Å². The molecule has 3 rings (SSSR count). The fourth-order valence-electron chi connectivity index (χ4n) is 2.71. The van der Waals surface area contributed by atoms with Crippen molar-refractivity contribution in [2.75, 3.05) is 23.4 Å². The summed E-state index contributed by atoms with van der Waals surface area (Å²) >= 11 is 0. The van der Waals surface area contributed by atoms with Crippen LogP contribution in [0.15, 0.2) is 22.7 Å². The predicted molar refractivity (Wildman–Crippen MR) is 88.0 cm³/mol. The van der Waals surface area contributed by atoms with Crippen molar-refractivity contribution in [2.45, 2.75) is 26.7 Å². The highest BCUT2D eigenvalue weighted by molar-refractivity contribution is 5.94. The number of anilines is 2. The molecule has 0 unspecified atom stereocenters. The number of nitrogens with one attached hydrogen (secondary N) is 1. The molecule has 25 heavy (non-hydrogen) atoms. The zero-order valence-corrected chi connectivity index (χ0v) is 14.0. The van der Waals surface area contributed by atoms with E-state index in [0.717, 1.165) is 11.3 Å². The third-order valence-corrected chi connectivity index (χ3v) is 4.08. The quantitative estimate of drug-likeness (QED) is 0.899. The molecule has 1 aliphatic rings. The van der Waals surface area contributed by atoms with Crippen LogP contribution in [0, 0.1) is 19.7 Å². The number of aromatic nitrogens is 1. The van der Waals surface area contributed by atoms with Crippen molar-refractivity contribution >= 4 is 23.4 Å². The van der Waals surface area contributed by atoms with Gasteiger partial charge in [0.05, 0.1) is 17.9 Å². The summed E-state index contributed by atoms with van der Waals surface area (Å²) in [4.78, 5) is 25.1. The van der Waals surface area contributed by atoms with E-state index < -0.39 is 11.9 Å². The molecule has 0 atom stereocenters. The standard InChI is InChI=1S/C17H18FN3O4/c1-10-13(11(2)25-20-10)4-6-16(22)19-15-9-12(3-5-14(15)18)21-7-8-24-17(21)23/h3,5,9H,4,6-8H2,1-2H3,(H,19,22). The summed E-state index contributed by atoms with van der Waals surface area (Å²) in [7, 11) is 0. The number of hydrogen-bond acceptors (Lipinski definition) is 5. The lowest BCUT2D eigenvalue weighted by Crippen LogP contribution is -2.23. The van der Waals surface area contributed by atoms with Gasteiger partial charge < -0.3 is 14.6 Å². The molecule has 1 fully saturated rings. The van der Waals surface area contributed by atoms with Crippen LogP contribution in [0.3, 0.4) is 0 Å². The van der Waals surface area contributed by atoms with Crippen molar-refractivity contribution in [3.63, 3.8) is 0 Å². The molecule has 0 saturated carbocycles. The van der Waals surface area contributed by atoms with E-state index in [4.69, 9.17) is 9.26 Å². The molecular weight excluding hydrogens is 329 g/mol. The highest BCUT2D eigenvalue weighted by Crippen LogP contribution is 2.25. The van der Waals surface area contributed by atoms with Crippen LogP contribution in [-0.4, -0.2) is 30.3 Å². The smallest absolute Gasteiger partial charge is 0.414 e. The van der Waals surface area contributed by atoms with Gasteiger partial charge in [0.2, 0.25) is 5.91 Å². The van der Waals surface area contributed by atoms with E-state index in [0.29, 0.717) is 24.4 Å². The van der Waals surface area contributed by atoms with Crippen molar-refractivity contribution in [2.24, 2.45) is 0 Å². The summed E-state index contributed by atoms with van der Waals surface area (Å²) in [6, 6.07) is 4.11. The highest BCUT2D eigenvalue weighted by atomic mass is 19.1. The van der Waals surface area contributed by atoms with E-state index in [1.165, 1.54) is 23.1 Å². The third-order valence-electron chi connectivity index (χ3n) is 4.08. The van der Waals surface area contributed by atoms with Crippen LogP contribution in [-0.2, 0) is 16.0 Å². The van der Waals surface area contributed by atoms with Crippen molar-refractivity contribution in [1.82, 2.24) is 5.16 Å². The molecule has 1 aliphatic heterocycles. The highest BCUT2D eigenvalue weighted by Gasteiger charge is 2.24. The number of halogens is 1. The van der Waals surface area contributed by atoms with Gasteiger partial charge in [0.1, 0.15) is 18.2 Å². The molecule has 2 amide bonds.